The van der Waals surface area contributed by atoms with Crippen molar-refractivity contribution in [1.29, 1.82) is 0 Å². The van der Waals surface area contributed by atoms with Crippen molar-refractivity contribution >= 4 is 11.6 Å². The molecule has 0 aliphatic carbocycles. The van der Waals surface area contributed by atoms with E-state index in [-0.39, 0.29) is 5.91 Å². The average molecular weight is 354 g/mol. The van der Waals surface area contributed by atoms with E-state index in [9.17, 15) is 4.79 Å². The number of rotatable bonds is 5. The summed E-state index contributed by atoms with van der Waals surface area (Å²) in [5.74, 6) is 0.977. The predicted octanol–water partition coefficient (Wildman–Crippen LogP) is 2.83. The maximum Gasteiger partial charge on any atom is 0.224 e. The zero-order chi connectivity index (χ0) is 18.1. The Morgan fingerprint density at radius 1 is 1.35 bits per heavy atom. The van der Waals surface area contributed by atoms with E-state index in [1.165, 1.54) is 18.4 Å². The maximum atomic E-state index is 11.4. The van der Waals surface area contributed by atoms with Crippen molar-refractivity contribution in [3.63, 3.8) is 0 Å². The van der Waals surface area contributed by atoms with E-state index >= 15 is 0 Å². The van der Waals surface area contributed by atoms with Gasteiger partial charge in [-0.2, -0.15) is 5.10 Å². The average Bonchev–Trinajstić information content (AvgIpc) is 3.20. The number of nitrogens with zero attached hydrogens (tertiary/aromatic N) is 3. The summed E-state index contributed by atoms with van der Waals surface area (Å²) in [6.45, 7) is 4.78. The van der Waals surface area contributed by atoms with Crippen molar-refractivity contribution in [3.8, 4) is 5.75 Å². The number of carbonyl (C=O) groups excluding carboxylic acids is 1. The van der Waals surface area contributed by atoms with E-state index in [0.29, 0.717) is 19.1 Å². The summed E-state index contributed by atoms with van der Waals surface area (Å²) < 4.78 is 7.91. The molecule has 2 aromatic rings. The molecule has 1 saturated heterocycles. The normalized spacial score (nSPS) is 20.1. The number of aromatic nitrogens is 2. The molecule has 1 aromatic heterocycles. The van der Waals surface area contributed by atoms with Gasteiger partial charge >= 0.3 is 0 Å². The molecule has 1 fully saturated rings. The third kappa shape index (κ3) is 3.46. The molecule has 2 aliphatic rings. The molecule has 6 nitrogen and oxygen atoms in total. The molecule has 1 N–H and O–H groups in total. The first-order chi connectivity index (χ1) is 12.6. The molecule has 6 heteroatoms. The van der Waals surface area contributed by atoms with E-state index in [0.717, 1.165) is 42.2 Å². The molecule has 0 saturated carbocycles. The number of nitrogens with one attached hydrogen (secondary N) is 1. The van der Waals surface area contributed by atoms with Crippen LogP contribution in [0.1, 0.15) is 42.1 Å². The molecule has 138 valence electrons. The quantitative estimate of drug-likeness (QED) is 0.897. The third-order valence-electron chi connectivity index (χ3n) is 5.39. The first kappa shape index (κ1) is 17.1. The number of ether oxygens (including phenoxy) is 1. The highest BCUT2D eigenvalue weighted by molar-refractivity contribution is 5.93. The molecule has 0 radical (unpaired) electrons. The Kier molecular flexibility index (Phi) is 4.68. The second kappa shape index (κ2) is 7.11. The Balaban J connectivity index is 1.36. The zero-order valence-electron chi connectivity index (χ0n) is 15.5. The minimum Gasteiger partial charge on any atom is -0.492 e. The number of likely N-dealkylation sites (tertiary alicyclic amines) is 1. The summed E-state index contributed by atoms with van der Waals surface area (Å²) in [5.41, 5.74) is 4.55. The van der Waals surface area contributed by atoms with Crippen molar-refractivity contribution in [2.45, 2.75) is 38.6 Å². The lowest BCUT2D eigenvalue weighted by Gasteiger charge is -2.24. The number of anilines is 1. The summed E-state index contributed by atoms with van der Waals surface area (Å²) in [7, 11) is 1.98. The van der Waals surface area contributed by atoms with Gasteiger partial charge in [-0.3, -0.25) is 14.4 Å². The topological polar surface area (TPSA) is 59.4 Å². The molecule has 0 spiro atoms. The first-order valence-corrected chi connectivity index (χ1v) is 9.40. The lowest BCUT2D eigenvalue weighted by atomic mass is 10.0. The number of carbonyl (C=O) groups is 1. The Bertz CT molecular complexity index is 814. The monoisotopic (exact) mass is 354 g/mol. The highest BCUT2D eigenvalue weighted by atomic mass is 16.5. The number of fused-ring (bicyclic) bond motifs is 1. The highest BCUT2D eigenvalue weighted by Crippen LogP contribution is 2.33. The fourth-order valence-electron chi connectivity index (χ4n) is 4.12. The van der Waals surface area contributed by atoms with E-state index in [1.807, 2.05) is 23.9 Å². The van der Waals surface area contributed by atoms with Crippen LogP contribution in [-0.2, 0) is 18.3 Å². The fraction of sp³-hybridized carbons (Fsp3) is 0.500. The molecule has 4 rings (SSSR count). The van der Waals surface area contributed by atoms with Crippen LogP contribution >= 0.6 is 0 Å². The van der Waals surface area contributed by atoms with Crippen molar-refractivity contribution < 1.29 is 9.53 Å². The molecular weight excluding hydrogens is 328 g/mol. The number of amides is 1. The van der Waals surface area contributed by atoms with E-state index in [4.69, 9.17) is 4.74 Å². The fourth-order valence-corrected chi connectivity index (χ4v) is 4.12. The lowest BCUT2D eigenvalue weighted by molar-refractivity contribution is -0.116. The molecule has 1 atom stereocenters. The van der Waals surface area contributed by atoms with Crippen molar-refractivity contribution in [3.05, 3.63) is 41.2 Å². The van der Waals surface area contributed by atoms with Crippen LogP contribution in [0, 0.1) is 6.92 Å². The minimum absolute atomic E-state index is 0.0944. The number of aryl methyl sites for hydroxylation is 3. The second-order valence-corrected chi connectivity index (χ2v) is 7.25. The number of benzene rings is 1. The van der Waals surface area contributed by atoms with Gasteiger partial charge in [-0.25, -0.2) is 0 Å². The lowest BCUT2D eigenvalue weighted by Crippen LogP contribution is -2.28. The van der Waals surface area contributed by atoms with Gasteiger partial charge in [-0.05, 0) is 56.5 Å². The van der Waals surface area contributed by atoms with Crippen molar-refractivity contribution in [2.75, 3.05) is 25.0 Å². The Labute approximate surface area is 154 Å². The molecule has 3 heterocycles. The maximum absolute atomic E-state index is 11.4. The largest absolute Gasteiger partial charge is 0.492 e. The molecule has 1 amide bonds. The van der Waals surface area contributed by atoms with Gasteiger partial charge in [0.15, 0.2) is 0 Å². The van der Waals surface area contributed by atoms with Gasteiger partial charge in [0.1, 0.15) is 12.4 Å². The Morgan fingerprint density at radius 3 is 3.04 bits per heavy atom. The molecule has 1 unspecified atom stereocenters. The van der Waals surface area contributed by atoms with Crippen LogP contribution in [0.4, 0.5) is 5.69 Å². The van der Waals surface area contributed by atoms with Gasteiger partial charge in [0.25, 0.3) is 0 Å². The van der Waals surface area contributed by atoms with Gasteiger partial charge in [0.05, 0.1) is 5.69 Å². The molecule has 0 bridgehead atoms. The van der Waals surface area contributed by atoms with Crippen LogP contribution in [-0.4, -0.2) is 40.3 Å². The van der Waals surface area contributed by atoms with E-state index in [2.05, 4.69) is 34.5 Å². The summed E-state index contributed by atoms with van der Waals surface area (Å²) in [6.07, 6.45) is 5.89. The smallest absolute Gasteiger partial charge is 0.224 e. The summed E-state index contributed by atoms with van der Waals surface area (Å²) >= 11 is 0. The standard InChI is InChI=1S/C20H26N4O2/c1-14-17(13-23(2)22-14)19-4-3-9-24(19)10-11-26-16-6-7-18-15(12-16)5-8-20(25)21-18/h6-7,12-13,19H,3-5,8-11H2,1-2H3,(H,21,25). The van der Waals surface area contributed by atoms with Crippen molar-refractivity contribution in [2.24, 2.45) is 7.05 Å². The minimum atomic E-state index is 0.0944. The Hall–Kier alpha value is -2.34. The van der Waals surface area contributed by atoms with Gasteiger partial charge in [0.2, 0.25) is 5.91 Å². The predicted molar refractivity (Wildman–Crippen MR) is 100 cm³/mol. The molecular formula is C20H26N4O2. The van der Waals surface area contributed by atoms with Gasteiger partial charge in [0, 0.05) is 43.5 Å². The third-order valence-corrected chi connectivity index (χ3v) is 5.39. The van der Waals surface area contributed by atoms with E-state index < -0.39 is 0 Å². The van der Waals surface area contributed by atoms with E-state index in [1.54, 1.807) is 0 Å². The molecule has 1 aromatic carbocycles. The van der Waals surface area contributed by atoms with Crippen molar-refractivity contribution in [1.82, 2.24) is 14.7 Å². The van der Waals surface area contributed by atoms with Crippen LogP contribution in [0.3, 0.4) is 0 Å². The molecule has 2 aliphatic heterocycles. The van der Waals surface area contributed by atoms with Gasteiger partial charge in [-0.1, -0.05) is 0 Å². The first-order valence-electron chi connectivity index (χ1n) is 9.40. The van der Waals surface area contributed by atoms with Gasteiger partial charge in [-0.15, -0.1) is 0 Å². The van der Waals surface area contributed by atoms with Crippen LogP contribution in [0.5, 0.6) is 5.75 Å². The summed E-state index contributed by atoms with van der Waals surface area (Å²) in [4.78, 5) is 14.0. The summed E-state index contributed by atoms with van der Waals surface area (Å²) in [6, 6.07) is 6.39. The Morgan fingerprint density at radius 2 is 2.23 bits per heavy atom. The van der Waals surface area contributed by atoms with Crippen LogP contribution in [0.15, 0.2) is 24.4 Å². The van der Waals surface area contributed by atoms with Gasteiger partial charge < -0.3 is 10.1 Å². The summed E-state index contributed by atoms with van der Waals surface area (Å²) in [5, 5.41) is 7.40. The van der Waals surface area contributed by atoms with Crippen LogP contribution < -0.4 is 10.1 Å². The SMILES string of the molecule is Cc1nn(C)cc1C1CCCN1CCOc1ccc2c(c1)CCC(=O)N2. The highest BCUT2D eigenvalue weighted by Gasteiger charge is 2.28. The number of hydrogen-bond acceptors (Lipinski definition) is 4. The van der Waals surface area contributed by atoms with Crippen LogP contribution in [0.2, 0.25) is 0 Å². The number of hydrogen-bond donors (Lipinski definition) is 1. The zero-order valence-corrected chi connectivity index (χ0v) is 15.5. The molecule has 26 heavy (non-hydrogen) atoms. The second-order valence-electron chi connectivity index (χ2n) is 7.25. The van der Waals surface area contributed by atoms with Crippen LogP contribution in [0.25, 0.3) is 0 Å².